The van der Waals surface area contributed by atoms with Gasteiger partial charge < -0.3 is 15.4 Å². The van der Waals surface area contributed by atoms with Crippen molar-refractivity contribution in [2.24, 2.45) is 5.92 Å². The normalized spacial score (nSPS) is 17.9. The Hall–Kier alpha value is -0.880. The lowest BCUT2D eigenvalue weighted by Gasteiger charge is -2.26. The molecule has 0 atom stereocenters. The first kappa shape index (κ1) is 10.6. The average molecular weight is 228 g/mol. The summed E-state index contributed by atoms with van der Waals surface area (Å²) in [5, 5.41) is 0.902. The molecule has 84 valence electrons. The highest BCUT2D eigenvalue weighted by atomic mass is 32.1. The summed E-state index contributed by atoms with van der Waals surface area (Å²) in [7, 11) is 2.04. The van der Waals surface area contributed by atoms with Gasteiger partial charge in [-0.3, -0.25) is 0 Å². The van der Waals surface area contributed by atoms with E-state index in [1.807, 2.05) is 7.05 Å². The van der Waals surface area contributed by atoms with E-state index in [0.717, 1.165) is 37.7 Å². The summed E-state index contributed by atoms with van der Waals surface area (Å²) in [6.07, 6.45) is 2.28. The van der Waals surface area contributed by atoms with Crippen molar-refractivity contribution in [1.82, 2.24) is 9.36 Å². The van der Waals surface area contributed by atoms with Crippen LogP contribution in [0.1, 0.15) is 12.8 Å². The molecule has 0 unspecified atom stereocenters. The molecule has 2 rings (SSSR count). The van der Waals surface area contributed by atoms with Crippen molar-refractivity contribution in [3.8, 4) is 0 Å². The molecule has 1 aromatic rings. The molecule has 1 saturated heterocycles. The fourth-order valence-corrected chi connectivity index (χ4v) is 2.34. The number of nitrogens with two attached hydrogens (primary N) is 1. The monoisotopic (exact) mass is 228 g/mol. The highest BCUT2D eigenvalue weighted by Crippen LogP contribution is 2.21. The third-order valence-electron chi connectivity index (χ3n) is 2.63. The molecule has 1 aromatic heterocycles. The molecule has 1 aliphatic heterocycles. The molecule has 2 heterocycles. The van der Waals surface area contributed by atoms with Gasteiger partial charge in [0.25, 0.3) is 0 Å². The predicted octanol–water partition coefficient (Wildman–Crippen LogP) is 0.983. The fourth-order valence-electron chi connectivity index (χ4n) is 1.78. The molecule has 0 saturated carbocycles. The minimum Gasteiger partial charge on any atom is -0.381 e. The first-order chi connectivity index (χ1) is 7.25. The maximum absolute atomic E-state index is 5.49. The molecule has 15 heavy (non-hydrogen) atoms. The van der Waals surface area contributed by atoms with Crippen molar-refractivity contribution in [3.63, 3.8) is 0 Å². The van der Waals surface area contributed by atoms with Crippen molar-refractivity contribution < 1.29 is 4.74 Å². The van der Waals surface area contributed by atoms with E-state index < -0.39 is 0 Å². The zero-order chi connectivity index (χ0) is 10.7. The van der Waals surface area contributed by atoms with Crippen LogP contribution in [0.4, 0.5) is 11.1 Å². The molecule has 1 aliphatic rings. The third kappa shape index (κ3) is 2.79. The van der Waals surface area contributed by atoms with Crippen LogP contribution in [0.15, 0.2) is 0 Å². The molecule has 0 aliphatic carbocycles. The zero-order valence-corrected chi connectivity index (χ0v) is 9.66. The number of ether oxygens (including phenoxy) is 1. The van der Waals surface area contributed by atoms with Gasteiger partial charge in [0.05, 0.1) is 0 Å². The van der Waals surface area contributed by atoms with Crippen molar-refractivity contribution in [1.29, 1.82) is 0 Å². The third-order valence-corrected chi connectivity index (χ3v) is 3.48. The summed E-state index contributed by atoms with van der Waals surface area (Å²) in [6, 6.07) is 0. The van der Waals surface area contributed by atoms with E-state index in [1.54, 1.807) is 0 Å². The molecular formula is C9H16N4OS. The van der Waals surface area contributed by atoms with E-state index in [4.69, 9.17) is 10.5 Å². The Morgan fingerprint density at radius 2 is 2.27 bits per heavy atom. The van der Waals surface area contributed by atoms with E-state index >= 15 is 0 Å². The second-order valence-electron chi connectivity index (χ2n) is 3.87. The maximum atomic E-state index is 5.49. The van der Waals surface area contributed by atoms with E-state index in [1.165, 1.54) is 11.5 Å². The molecule has 6 heteroatoms. The lowest BCUT2D eigenvalue weighted by molar-refractivity contribution is 0.0685. The van der Waals surface area contributed by atoms with Gasteiger partial charge in [-0.05, 0) is 18.8 Å². The number of hydrogen-bond acceptors (Lipinski definition) is 6. The predicted molar refractivity (Wildman–Crippen MR) is 61.1 cm³/mol. The van der Waals surface area contributed by atoms with E-state index in [9.17, 15) is 0 Å². The van der Waals surface area contributed by atoms with Gasteiger partial charge in [0, 0.05) is 38.3 Å². The van der Waals surface area contributed by atoms with Crippen LogP contribution in [0.3, 0.4) is 0 Å². The Morgan fingerprint density at radius 3 is 2.87 bits per heavy atom. The van der Waals surface area contributed by atoms with Crippen LogP contribution >= 0.6 is 11.5 Å². The van der Waals surface area contributed by atoms with Crippen LogP contribution in [0.2, 0.25) is 0 Å². The molecule has 0 aromatic carbocycles. The van der Waals surface area contributed by atoms with Crippen molar-refractivity contribution in [2.75, 3.05) is 37.4 Å². The number of aromatic nitrogens is 2. The van der Waals surface area contributed by atoms with Gasteiger partial charge in [-0.1, -0.05) is 0 Å². The maximum Gasteiger partial charge on any atom is 0.233 e. The van der Waals surface area contributed by atoms with Crippen molar-refractivity contribution in [2.45, 2.75) is 12.8 Å². The van der Waals surface area contributed by atoms with Crippen LogP contribution in [-0.4, -0.2) is 36.2 Å². The minimum atomic E-state index is 0.369. The standard InChI is InChI=1S/C9H16N4OS/c1-13(9-11-8(10)12-15-9)6-7-2-4-14-5-3-7/h7H,2-6H2,1H3,(H2,10,12). The van der Waals surface area contributed by atoms with Crippen LogP contribution in [-0.2, 0) is 4.74 Å². The summed E-state index contributed by atoms with van der Waals surface area (Å²) in [6.45, 7) is 2.78. The summed E-state index contributed by atoms with van der Waals surface area (Å²) in [5.74, 6) is 1.07. The van der Waals surface area contributed by atoms with Crippen LogP contribution < -0.4 is 10.6 Å². The van der Waals surface area contributed by atoms with Gasteiger partial charge in [-0.15, -0.1) is 0 Å². The second kappa shape index (κ2) is 4.76. The molecule has 0 spiro atoms. The first-order valence-corrected chi connectivity index (χ1v) is 5.91. The highest BCUT2D eigenvalue weighted by Gasteiger charge is 2.17. The lowest BCUT2D eigenvalue weighted by Crippen LogP contribution is -2.29. The number of nitrogen functional groups attached to an aromatic ring is 1. The molecular weight excluding hydrogens is 212 g/mol. The summed E-state index contributed by atoms with van der Waals surface area (Å²) < 4.78 is 9.30. The molecule has 0 radical (unpaired) electrons. The Labute approximate surface area is 93.4 Å². The van der Waals surface area contributed by atoms with Crippen molar-refractivity contribution in [3.05, 3.63) is 0 Å². The lowest BCUT2D eigenvalue weighted by atomic mass is 10.0. The minimum absolute atomic E-state index is 0.369. The van der Waals surface area contributed by atoms with Gasteiger partial charge in [0.15, 0.2) is 0 Å². The van der Waals surface area contributed by atoms with Gasteiger partial charge in [0.1, 0.15) is 0 Å². The van der Waals surface area contributed by atoms with E-state index in [0.29, 0.717) is 11.9 Å². The molecule has 2 N–H and O–H groups in total. The smallest absolute Gasteiger partial charge is 0.233 e. The number of nitrogens with zero attached hydrogens (tertiary/aromatic N) is 3. The van der Waals surface area contributed by atoms with Gasteiger partial charge in [0.2, 0.25) is 11.1 Å². The molecule has 1 fully saturated rings. The quantitative estimate of drug-likeness (QED) is 0.835. The van der Waals surface area contributed by atoms with Crippen LogP contribution in [0, 0.1) is 5.92 Å². The van der Waals surface area contributed by atoms with Gasteiger partial charge in [-0.2, -0.15) is 9.36 Å². The first-order valence-electron chi connectivity index (χ1n) is 5.14. The van der Waals surface area contributed by atoms with Gasteiger partial charge in [-0.25, -0.2) is 0 Å². The van der Waals surface area contributed by atoms with E-state index in [2.05, 4.69) is 14.3 Å². The summed E-state index contributed by atoms with van der Waals surface area (Å²) in [5.41, 5.74) is 5.49. The average Bonchev–Trinajstić information content (AvgIpc) is 2.66. The number of hydrogen-bond donors (Lipinski definition) is 1. The van der Waals surface area contributed by atoms with E-state index in [-0.39, 0.29) is 0 Å². The summed E-state index contributed by atoms with van der Waals surface area (Å²) in [4.78, 5) is 6.28. The topological polar surface area (TPSA) is 64.3 Å². The molecule has 5 nitrogen and oxygen atoms in total. The molecule has 0 amide bonds. The van der Waals surface area contributed by atoms with Gasteiger partial charge >= 0.3 is 0 Å². The number of rotatable bonds is 3. The Bertz CT molecular complexity index is 311. The van der Waals surface area contributed by atoms with Crippen LogP contribution in [0.25, 0.3) is 0 Å². The Kier molecular flexibility index (Phi) is 3.37. The Morgan fingerprint density at radius 1 is 1.53 bits per heavy atom. The fraction of sp³-hybridized carbons (Fsp3) is 0.778. The number of anilines is 2. The highest BCUT2D eigenvalue weighted by molar-refractivity contribution is 7.09. The van der Waals surface area contributed by atoms with Crippen molar-refractivity contribution >= 4 is 22.6 Å². The SMILES string of the molecule is CN(CC1CCOCC1)c1nc(N)ns1. The largest absolute Gasteiger partial charge is 0.381 e. The summed E-state index contributed by atoms with van der Waals surface area (Å²) >= 11 is 1.35. The Balaban J connectivity index is 1.88. The molecule has 0 bridgehead atoms. The second-order valence-corrected chi connectivity index (χ2v) is 4.60. The van der Waals surface area contributed by atoms with Crippen LogP contribution in [0.5, 0.6) is 0 Å². The zero-order valence-electron chi connectivity index (χ0n) is 8.85.